The molecular formula is C16H19N3O4S. The van der Waals surface area contributed by atoms with E-state index in [0.29, 0.717) is 48.3 Å². The Morgan fingerprint density at radius 2 is 2.08 bits per heavy atom. The van der Waals surface area contributed by atoms with Crippen molar-refractivity contribution in [1.29, 1.82) is 0 Å². The van der Waals surface area contributed by atoms with Crippen molar-refractivity contribution in [3.63, 3.8) is 0 Å². The van der Waals surface area contributed by atoms with Crippen LogP contribution in [0.3, 0.4) is 0 Å². The van der Waals surface area contributed by atoms with Gasteiger partial charge in [-0.25, -0.2) is 4.98 Å². The Bertz CT molecular complexity index is 775. The lowest BCUT2D eigenvalue weighted by molar-refractivity contribution is -0.133. The maximum absolute atomic E-state index is 11.9. The fraction of sp³-hybridized carbons (Fsp3) is 0.375. The maximum Gasteiger partial charge on any atom is 0.313 e. The number of hydrogen-bond acceptors (Lipinski definition) is 5. The molecule has 3 N–H and O–H groups in total. The molecule has 8 heteroatoms. The summed E-state index contributed by atoms with van der Waals surface area (Å²) in [5.74, 6) is 0.231. The van der Waals surface area contributed by atoms with Crippen molar-refractivity contribution in [3.8, 4) is 0 Å². The molecule has 0 aliphatic rings. The highest BCUT2D eigenvalue weighted by atomic mass is 32.2. The van der Waals surface area contributed by atoms with E-state index in [1.54, 1.807) is 18.2 Å². The Morgan fingerprint density at radius 3 is 2.88 bits per heavy atom. The molecule has 0 spiro atoms. The highest BCUT2D eigenvalue weighted by Crippen LogP contribution is 2.07. The predicted octanol–water partition coefficient (Wildman–Crippen LogP) is 1.18. The van der Waals surface area contributed by atoms with E-state index in [9.17, 15) is 14.4 Å². The minimum Gasteiger partial charge on any atom is -0.481 e. The van der Waals surface area contributed by atoms with Gasteiger partial charge in [0.2, 0.25) is 5.91 Å². The maximum atomic E-state index is 11.9. The number of nitrogens with zero attached hydrogens (tertiary/aromatic N) is 1. The summed E-state index contributed by atoms with van der Waals surface area (Å²) in [6.07, 6.45) is 1.43. The van der Waals surface area contributed by atoms with E-state index >= 15 is 0 Å². The molecule has 0 atom stereocenters. The molecule has 7 nitrogen and oxygen atoms in total. The minimum absolute atomic E-state index is 0.0386. The van der Waals surface area contributed by atoms with Crippen molar-refractivity contribution in [3.05, 3.63) is 40.4 Å². The van der Waals surface area contributed by atoms with Gasteiger partial charge in [0.05, 0.1) is 16.7 Å². The van der Waals surface area contributed by atoms with Gasteiger partial charge >= 0.3 is 5.97 Å². The molecule has 1 heterocycles. The van der Waals surface area contributed by atoms with Crippen LogP contribution in [0.5, 0.6) is 0 Å². The van der Waals surface area contributed by atoms with Gasteiger partial charge in [-0.15, -0.1) is 11.8 Å². The number of amides is 1. The molecule has 1 amide bonds. The molecule has 1 aromatic heterocycles. The normalized spacial score (nSPS) is 10.7. The van der Waals surface area contributed by atoms with E-state index in [4.69, 9.17) is 5.11 Å². The number of benzene rings is 1. The number of fused-ring (bicyclic) bond motifs is 1. The monoisotopic (exact) mass is 349 g/mol. The van der Waals surface area contributed by atoms with Crippen molar-refractivity contribution >= 4 is 34.5 Å². The van der Waals surface area contributed by atoms with Crippen molar-refractivity contribution in [1.82, 2.24) is 15.3 Å². The fourth-order valence-corrected chi connectivity index (χ4v) is 2.75. The van der Waals surface area contributed by atoms with E-state index < -0.39 is 5.97 Å². The Hall–Kier alpha value is -2.35. The number of carbonyl (C=O) groups excluding carboxylic acids is 1. The van der Waals surface area contributed by atoms with Crippen LogP contribution in [0.25, 0.3) is 10.9 Å². The van der Waals surface area contributed by atoms with Gasteiger partial charge in [0.15, 0.2) is 0 Å². The highest BCUT2D eigenvalue weighted by Gasteiger charge is 2.05. The molecule has 128 valence electrons. The van der Waals surface area contributed by atoms with Crippen LogP contribution >= 0.6 is 11.8 Å². The van der Waals surface area contributed by atoms with E-state index in [1.165, 1.54) is 11.8 Å². The Labute approximate surface area is 142 Å². The van der Waals surface area contributed by atoms with Crippen LogP contribution in [-0.4, -0.2) is 45.0 Å². The zero-order valence-electron chi connectivity index (χ0n) is 13.1. The van der Waals surface area contributed by atoms with Gasteiger partial charge in [0, 0.05) is 25.1 Å². The fourth-order valence-electron chi connectivity index (χ4n) is 2.18. The van der Waals surface area contributed by atoms with Crippen LogP contribution in [0, 0.1) is 0 Å². The van der Waals surface area contributed by atoms with Gasteiger partial charge < -0.3 is 15.4 Å². The average Bonchev–Trinajstić information content (AvgIpc) is 2.54. The van der Waals surface area contributed by atoms with Gasteiger partial charge in [-0.3, -0.25) is 14.4 Å². The van der Waals surface area contributed by atoms with Crippen molar-refractivity contribution < 1.29 is 14.7 Å². The molecule has 0 fully saturated rings. The largest absolute Gasteiger partial charge is 0.481 e. The number of para-hydroxylation sites is 1. The Balaban J connectivity index is 1.73. The first-order chi connectivity index (χ1) is 11.6. The lowest BCUT2D eigenvalue weighted by Crippen LogP contribution is -2.26. The van der Waals surface area contributed by atoms with E-state index in [2.05, 4.69) is 15.3 Å². The van der Waals surface area contributed by atoms with Crippen molar-refractivity contribution in [2.75, 3.05) is 18.1 Å². The third kappa shape index (κ3) is 5.69. The molecule has 0 saturated carbocycles. The number of aryl methyl sites for hydroxylation is 1. The molecule has 0 aliphatic carbocycles. The summed E-state index contributed by atoms with van der Waals surface area (Å²) in [6.45, 7) is 0.446. The third-order valence-corrected chi connectivity index (χ3v) is 4.22. The summed E-state index contributed by atoms with van der Waals surface area (Å²) in [7, 11) is 0. The van der Waals surface area contributed by atoms with Gasteiger partial charge in [0.25, 0.3) is 5.56 Å². The number of nitrogens with one attached hydrogen (secondary N) is 2. The standard InChI is InChI=1S/C16H19N3O4S/c20-14(17-8-9-24-10-15(21)22)7-3-6-13-18-12-5-2-1-4-11(12)16(23)19-13/h1-2,4-5H,3,6-10H2,(H,17,20)(H,21,22)(H,18,19,23). The SMILES string of the molecule is O=C(O)CSCCNC(=O)CCCc1nc2ccccc2c(=O)[nH]1. The van der Waals surface area contributed by atoms with Crippen LogP contribution in [0.4, 0.5) is 0 Å². The third-order valence-electron chi connectivity index (χ3n) is 3.27. The molecule has 0 unspecified atom stereocenters. The first kappa shape index (κ1) is 18.0. The van der Waals surface area contributed by atoms with E-state index in [-0.39, 0.29) is 17.2 Å². The Morgan fingerprint density at radius 1 is 1.29 bits per heavy atom. The number of carboxylic acid groups (broad SMARTS) is 1. The average molecular weight is 349 g/mol. The predicted molar refractivity (Wildman–Crippen MR) is 93.3 cm³/mol. The van der Waals surface area contributed by atoms with Crippen LogP contribution in [0.2, 0.25) is 0 Å². The molecule has 0 bridgehead atoms. The topological polar surface area (TPSA) is 112 Å². The van der Waals surface area contributed by atoms with Crippen LogP contribution in [0.15, 0.2) is 29.1 Å². The summed E-state index contributed by atoms with van der Waals surface area (Å²) >= 11 is 1.26. The number of rotatable bonds is 9. The number of thioether (sulfide) groups is 1. The zero-order valence-corrected chi connectivity index (χ0v) is 13.9. The Kier molecular flexibility index (Phi) is 6.80. The number of hydrogen-bond donors (Lipinski definition) is 3. The smallest absolute Gasteiger partial charge is 0.313 e. The van der Waals surface area contributed by atoms with Crippen molar-refractivity contribution in [2.45, 2.75) is 19.3 Å². The molecule has 0 saturated heterocycles. The molecule has 1 aromatic carbocycles. The molecule has 2 aromatic rings. The molecule has 0 aliphatic heterocycles. The number of aromatic amines is 1. The molecule has 24 heavy (non-hydrogen) atoms. The van der Waals surface area contributed by atoms with Gasteiger partial charge in [-0.05, 0) is 18.6 Å². The van der Waals surface area contributed by atoms with Gasteiger partial charge in [0.1, 0.15) is 5.82 Å². The summed E-state index contributed by atoms with van der Waals surface area (Å²) in [6, 6.07) is 7.13. The molecule has 2 rings (SSSR count). The first-order valence-electron chi connectivity index (χ1n) is 7.60. The number of carboxylic acids is 1. The second kappa shape index (κ2) is 9.07. The summed E-state index contributed by atoms with van der Waals surface area (Å²) in [5.41, 5.74) is 0.478. The van der Waals surface area contributed by atoms with Crippen molar-refractivity contribution in [2.24, 2.45) is 0 Å². The van der Waals surface area contributed by atoms with Crippen LogP contribution in [0.1, 0.15) is 18.7 Å². The van der Waals surface area contributed by atoms with E-state index in [1.807, 2.05) is 6.07 Å². The highest BCUT2D eigenvalue weighted by molar-refractivity contribution is 7.99. The number of carbonyl (C=O) groups is 2. The van der Waals surface area contributed by atoms with Gasteiger partial charge in [-0.1, -0.05) is 12.1 Å². The number of aromatic nitrogens is 2. The second-order valence-corrected chi connectivity index (χ2v) is 6.28. The summed E-state index contributed by atoms with van der Waals surface area (Å²) < 4.78 is 0. The van der Waals surface area contributed by atoms with E-state index in [0.717, 1.165) is 0 Å². The van der Waals surface area contributed by atoms with Crippen LogP contribution in [-0.2, 0) is 16.0 Å². The minimum atomic E-state index is -0.858. The second-order valence-electron chi connectivity index (χ2n) is 5.18. The quantitative estimate of drug-likeness (QED) is 0.586. The summed E-state index contributed by atoms with van der Waals surface area (Å²) in [5, 5.41) is 11.8. The lowest BCUT2D eigenvalue weighted by Gasteiger charge is -2.05. The zero-order chi connectivity index (χ0) is 17.4. The van der Waals surface area contributed by atoms with Crippen LogP contribution < -0.4 is 10.9 Å². The number of aliphatic carboxylic acids is 1. The molecule has 0 radical (unpaired) electrons. The molecular weight excluding hydrogens is 330 g/mol. The van der Waals surface area contributed by atoms with Gasteiger partial charge in [-0.2, -0.15) is 0 Å². The number of H-pyrrole nitrogens is 1. The lowest BCUT2D eigenvalue weighted by atomic mass is 10.2. The summed E-state index contributed by atoms with van der Waals surface area (Å²) in [4.78, 5) is 41.1. The first-order valence-corrected chi connectivity index (χ1v) is 8.76.